The highest BCUT2D eigenvalue weighted by atomic mass is 16.5. The summed E-state index contributed by atoms with van der Waals surface area (Å²) < 4.78 is 5.26. The lowest BCUT2D eigenvalue weighted by Gasteiger charge is -2.35. The first-order valence-electron chi connectivity index (χ1n) is 8.30. The van der Waals surface area contributed by atoms with Gasteiger partial charge in [-0.25, -0.2) is 0 Å². The van der Waals surface area contributed by atoms with Gasteiger partial charge in [0.2, 0.25) is 5.91 Å². The van der Waals surface area contributed by atoms with Crippen LogP contribution in [0.1, 0.15) is 37.1 Å². The molecule has 3 rings (SSSR count). The van der Waals surface area contributed by atoms with Gasteiger partial charge in [-0.2, -0.15) is 0 Å². The number of nitrogens with two attached hydrogens (primary N) is 1. The molecule has 22 heavy (non-hydrogen) atoms. The molecule has 1 saturated heterocycles. The molecule has 0 radical (unpaired) electrons. The molecule has 1 aliphatic carbocycles. The molecule has 0 aromatic carbocycles. The van der Waals surface area contributed by atoms with Crippen LogP contribution in [-0.2, 0) is 11.3 Å². The SMILES string of the molecule is Cc1cc(CN2CCN(C(=O)C[C@@H]3CCC[C@H]3N)CC2)on1. The number of piperazine rings is 1. The number of rotatable bonds is 4. The van der Waals surface area contributed by atoms with E-state index in [4.69, 9.17) is 10.3 Å². The Morgan fingerprint density at radius 3 is 2.73 bits per heavy atom. The Morgan fingerprint density at radius 2 is 2.14 bits per heavy atom. The number of aryl methyl sites for hydroxylation is 1. The Balaban J connectivity index is 1.44. The summed E-state index contributed by atoms with van der Waals surface area (Å²) in [7, 11) is 0. The molecule has 1 saturated carbocycles. The quantitative estimate of drug-likeness (QED) is 0.903. The number of carbonyl (C=O) groups is 1. The molecule has 1 aliphatic heterocycles. The molecule has 1 aromatic heterocycles. The Bertz CT molecular complexity index is 508. The molecule has 2 fully saturated rings. The van der Waals surface area contributed by atoms with Gasteiger partial charge in [-0.15, -0.1) is 0 Å². The van der Waals surface area contributed by atoms with Gasteiger partial charge in [0.25, 0.3) is 0 Å². The summed E-state index contributed by atoms with van der Waals surface area (Å²) >= 11 is 0. The number of hydrogen-bond acceptors (Lipinski definition) is 5. The largest absolute Gasteiger partial charge is 0.360 e. The van der Waals surface area contributed by atoms with E-state index in [1.165, 1.54) is 6.42 Å². The molecule has 2 atom stereocenters. The monoisotopic (exact) mass is 306 g/mol. The van der Waals surface area contributed by atoms with E-state index in [0.717, 1.165) is 57.0 Å². The van der Waals surface area contributed by atoms with E-state index in [0.29, 0.717) is 12.3 Å². The van der Waals surface area contributed by atoms with Crippen molar-refractivity contribution in [2.75, 3.05) is 26.2 Å². The summed E-state index contributed by atoms with van der Waals surface area (Å²) in [5, 5.41) is 3.91. The third kappa shape index (κ3) is 3.67. The van der Waals surface area contributed by atoms with Crippen molar-refractivity contribution in [2.24, 2.45) is 11.7 Å². The second kappa shape index (κ2) is 6.79. The first-order chi connectivity index (χ1) is 10.6. The number of hydrogen-bond donors (Lipinski definition) is 1. The van der Waals surface area contributed by atoms with Crippen LogP contribution in [0, 0.1) is 12.8 Å². The molecule has 1 amide bonds. The normalized spacial score (nSPS) is 26.5. The Kier molecular flexibility index (Phi) is 4.78. The lowest BCUT2D eigenvalue weighted by Crippen LogP contribution is -2.48. The highest BCUT2D eigenvalue weighted by molar-refractivity contribution is 5.76. The lowest BCUT2D eigenvalue weighted by molar-refractivity contribution is -0.134. The van der Waals surface area contributed by atoms with E-state index in [9.17, 15) is 4.79 Å². The molecule has 2 N–H and O–H groups in total. The second-order valence-corrected chi connectivity index (χ2v) is 6.65. The topological polar surface area (TPSA) is 75.6 Å². The zero-order valence-corrected chi connectivity index (χ0v) is 13.3. The van der Waals surface area contributed by atoms with Gasteiger partial charge in [0.05, 0.1) is 12.2 Å². The number of amides is 1. The maximum atomic E-state index is 12.4. The van der Waals surface area contributed by atoms with E-state index in [1.807, 2.05) is 17.9 Å². The van der Waals surface area contributed by atoms with E-state index in [1.54, 1.807) is 0 Å². The van der Waals surface area contributed by atoms with Crippen LogP contribution in [0.5, 0.6) is 0 Å². The van der Waals surface area contributed by atoms with Gasteiger partial charge >= 0.3 is 0 Å². The average molecular weight is 306 g/mol. The minimum absolute atomic E-state index is 0.222. The maximum absolute atomic E-state index is 12.4. The van der Waals surface area contributed by atoms with Crippen LogP contribution in [0.25, 0.3) is 0 Å². The minimum atomic E-state index is 0.222. The molecule has 1 aromatic rings. The first kappa shape index (κ1) is 15.5. The molecular formula is C16H26N4O2. The van der Waals surface area contributed by atoms with Crippen molar-refractivity contribution >= 4 is 5.91 Å². The number of nitrogens with zero attached hydrogens (tertiary/aromatic N) is 3. The summed E-state index contributed by atoms with van der Waals surface area (Å²) in [6.45, 7) is 6.08. The van der Waals surface area contributed by atoms with Gasteiger partial charge in [0.15, 0.2) is 5.76 Å². The van der Waals surface area contributed by atoms with Gasteiger partial charge in [0.1, 0.15) is 0 Å². The summed E-state index contributed by atoms with van der Waals surface area (Å²) in [4.78, 5) is 16.7. The molecule has 2 aliphatic rings. The van der Waals surface area contributed by atoms with Crippen LogP contribution in [0.15, 0.2) is 10.6 Å². The second-order valence-electron chi connectivity index (χ2n) is 6.65. The van der Waals surface area contributed by atoms with Crippen molar-refractivity contribution < 1.29 is 9.32 Å². The molecule has 122 valence electrons. The van der Waals surface area contributed by atoms with Crippen molar-refractivity contribution in [3.8, 4) is 0 Å². The fourth-order valence-electron chi connectivity index (χ4n) is 3.54. The molecule has 2 heterocycles. The Hall–Kier alpha value is -1.40. The Morgan fingerprint density at radius 1 is 1.36 bits per heavy atom. The fraction of sp³-hybridized carbons (Fsp3) is 0.750. The van der Waals surface area contributed by atoms with Gasteiger partial charge in [-0.1, -0.05) is 11.6 Å². The summed E-state index contributed by atoms with van der Waals surface area (Å²) in [6.07, 6.45) is 3.98. The summed E-state index contributed by atoms with van der Waals surface area (Å²) in [5.41, 5.74) is 6.99. The van der Waals surface area contributed by atoms with Crippen molar-refractivity contribution in [1.82, 2.24) is 15.0 Å². The van der Waals surface area contributed by atoms with E-state index in [-0.39, 0.29) is 11.9 Å². The van der Waals surface area contributed by atoms with Crippen molar-refractivity contribution in [3.05, 3.63) is 17.5 Å². The van der Waals surface area contributed by atoms with Crippen molar-refractivity contribution in [3.63, 3.8) is 0 Å². The lowest BCUT2D eigenvalue weighted by atomic mass is 9.99. The third-order valence-electron chi connectivity index (χ3n) is 4.94. The number of carbonyl (C=O) groups excluding carboxylic acids is 1. The molecule has 6 nitrogen and oxygen atoms in total. The number of aromatic nitrogens is 1. The van der Waals surface area contributed by atoms with E-state index >= 15 is 0 Å². The van der Waals surface area contributed by atoms with E-state index in [2.05, 4.69) is 10.1 Å². The predicted molar refractivity (Wildman–Crippen MR) is 83.0 cm³/mol. The fourth-order valence-corrected chi connectivity index (χ4v) is 3.54. The average Bonchev–Trinajstić information content (AvgIpc) is 3.09. The predicted octanol–water partition coefficient (Wildman–Crippen LogP) is 1.14. The zero-order valence-electron chi connectivity index (χ0n) is 13.3. The zero-order chi connectivity index (χ0) is 15.5. The van der Waals surface area contributed by atoms with Crippen LogP contribution in [0.2, 0.25) is 0 Å². The van der Waals surface area contributed by atoms with Gasteiger partial charge in [0, 0.05) is 44.7 Å². The maximum Gasteiger partial charge on any atom is 0.222 e. The third-order valence-corrected chi connectivity index (χ3v) is 4.94. The highest BCUT2D eigenvalue weighted by Gasteiger charge is 2.29. The van der Waals surface area contributed by atoms with Crippen molar-refractivity contribution in [1.29, 1.82) is 0 Å². The van der Waals surface area contributed by atoms with Gasteiger partial charge < -0.3 is 15.2 Å². The first-order valence-corrected chi connectivity index (χ1v) is 8.30. The molecule has 0 bridgehead atoms. The van der Waals surface area contributed by atoms with Crippen molar-refractivity contribution in [2.45, 2.75) is 45.2 Å². The molecule has 0 spiro atoms. The molecule has 0 unspecified atom stereocenters. The minimum Gasteiger partial charge on any atom is -0.360 e. The summed E-state index contributed by atoms with van der Waals surface area (Å²) in [6, 6.07) is 2.19. The molecular weight excluding hydrogens is 280 g/mol. The van der Waals surface area contributed by atoms with E-state index < -0.39 is 0 Å². The smallest absolute Gasteiger partial charge is 0.222 e. The molecule has 6 heteroatoms. The highest BCUT2D eigenvalue weighted by Crippen LogP contribution is 2.27. The van der Waals surface area contributed by atoms with Crippen LogP contribution < -0.4 is 5.73 Å². The van der Waals surface area contributed by atoms with Crippen LogP contribution >= 0.6 is 0 Å². The Labute approximate surface area is 131 Å². The standard InChI is InChI=1S/C16H26N4O2/c1-12-9-14(22-18-12)11-19-5-7-20(8-6-19)16(21)10-13-3-2-4-15(13)17/h9,13,15H,2-8,10-11,17H2,1H3/t13-,15+/m0/s1. The van der Waals surface area contributed by atoms with Gasteiger partial charge in [-0.05, 0) is 25.7 Å². The van der Waals surface area contributed by atoms with Gasteiger partial charge in [-0.3, -0.25) is 9.69 Å². The summed E-state index contributed by atoms with van der Waals surface area (Å²) in [5.74, 6) is 1.56. The van der Waals surface area contributed by atoms with Crippen LogP contribution in [0.3, 0.4) is 0 Å². The van der Waals surface area contributed by atoms with Crippen LogP contribution in [-0.4, -0.2) is 53.1 Å². The van der Waals surface area contributed by atoms with Crippen LogP contribution in [0.4, 0.5) is 0 Å².